The first-order valence-electron chi connectivity index (χ1n) is 7.85. The van der Waals surface area contributed by atoms with Gasteiger partial charge in [-0.15, -0.1) is 0 Å². The van der Waals surface area contributed by atoms with Crippen LogP contribution in [0.2, 0.25) is 0 Å². The van der Waals surface area contributed by atoms with Crippen molar-refractivity contribution in [3.8, 4) is 11.4 Å². The number of hydrogen-bond donors (Lipinski definition) is 4. The van der Waals surface area contributed by atoms with Gasteiger partial charge in [-0.3, -0.25) is 19.5 Å². The number of aromatic hydroxyl groups is 1. The van der Waals surface area contributed by atoms with Crippen LogP contribution in [0.25, 0.3) is 5.69 Å². The molecule has 8 nitrogen and oxygen atoms in total. The van der Waals surface area contributed by atoms with Crippen LogP contribution in [0.3, 0.4) is 0 Å². The molecule has 1 aromatic heterocycles. The molecule has 0 atom stereocenters. The van der Waals surface area contributed by atoms with Crippen molar-refractivity contribution in [3.63, 3.8) is 0 Å². The number of phenolic OH excluding ortho intramolecular Hbond substituents is 1. The summed E-state index contributed by atoms with van der Waals surface area (Å²) in [6, 6.07) is 13.0. The molecule has 4 N–H and O–H groups in total. The Balaban J connectivity index is 2.14. The third-order valence-electron chi connectivity index (χ3n) is 3.83. The number of aromatic amines is 1. The SMILES string of the molecule is CNC(=O)c1cccc(Nc2c(Br)c(=O)[nH]n(-c3ccccc3)c2=O)c1O. The normalized spacial score (nSPS) is 10.4. The van der Waals surface area contributed by atoms with E-state index in [9.17, 15) is 19.5 Å². The molecule has 0 bridgehead atoms. The standard InChI is InChI=1S/C18H15BrN4O4/c1-20-16(25)11-8-5-9-12(15(11)24)21-14-13(19)17(26)22-23(18(14)27)10-6-3-2-4-7-10/h2-9,21,24H,1H3,(H,20,25)(H,22,26). The third-order valence-corrected chi connectivity index (χ3v) is 4.59. The van der Waals surface area contributed by atoms with Crippen molar-refractivity contribution in [2.24, 2.45) is 0 Å². The highest BCUT2D eigenvalue weighted by Crippen LogP contribution is 2.30. The van der Waals surface area contributed by atoms with E-state index in [0.29, 0.717) is 5.69 Å². The second kappa shape index (κ2) is 7.50. The van der Waals surface area contributed by atoms with Gasteiger partial charge in [-0.25, -0.2) is 4.68 Å². The maximum Gasteiger partial charge on any atom is 0.294 e. The van der Waals surface area contributed by atoms with Gasteiger partial charge in [0.1, 0.15) is 10.2 Å². The molecule has 0 saturated heterocycles. The van der Waals surface area contributed by atoms with E-state index in [1.165, 1.54) is 19.2 Å². The van der Waals surface area contributed by atoms with E-state index in [0.717, 1.165) is 4.68 Å². The number of rotatable bonds is 4. The Kier molecular flexibility index (Phi) is 5.13. The zero-order chi connectivity index (χ0) is 19.6. The van der Waals surface area contributed by atoms with Gasteiger partial charge in [-0.05, 0) is 40.2 Å². The van der Waals surface area contributed by atoms with Crippen LogP contribution in [-0.2, 0) is 0 Å². The van der Waals surface area contributed by atoms with Gasteiger partial charge < -0.3 is 15.7 Å². The highest BCUT2D eigenvalue weighted by molar-refractivity contribution is 9.10. The Hall–Kier alpha value is -3.33. The minimum atomic E-state index is -0.544. The minimum Gasteiger partial charge on any atom is -0.505 e. The van der Waals surface area contributed by atoms with Crippen molar-refractivity contribution in [1.29, 1.82) is 0 Å². The number of para-hydroxylation sites is 2. The van der Waals surface area contributed by atoms with Gasteiger partial charge in [0.2, 0.25) is 0 Å². The van der Waals surface area contributed by atoms with Crippen molar-refractivity contribution in [3.05, 3.63) is 79.3 Å². The van der Waals surface area contributed by atoms with E-state index in [2.05, 4.69) is 31.7 Å². The number of phenols is 1. The van der Waals surface area contributed by atoms with Crippen LogP contribution in [0.4, 0.5) is 11.4 Å². The summed E-state index contributed by atoms with van der Waals surface area (Å²) in [5.74, 6) is -0.822. The van der Waals surface area contributed by atoms with Crippen LogP contribution in [0.15, 0.2) is 62.6 Å². The highest BCUT2D eigenvalue weighted by atomic mass is 79.9. The van der Waals surface area contributed by atoms with E-state index in [-0.39, 0.29) is 27.2 Å². The first-order valence-corrected chi connectivity index (χ1v) is 8.64. The van der Waals surface area contributed by atoms with Crippen molar-refractivity contribution in [1.82, 2.24) is 15.1 Å². The smallest absolute Gasteiger partial charge is 0.294 e. The molecule has 0 fully saturated rings. The predicted molar refractivity (Wildman–Crippen MR) is 105 cm³/mol. The Morgan fingerprint density at radius 3 is 2.48 bits per heavy atom. The molecule has 2 aromatic carbocycles. The Morgan fingerprint density at radius 2 is 1.81 bits per heavy atom. The average molecular weight is 431 g/mol. The molecule has 1 amide bonds. The van der Waals surface area contributed by atoms with Crippen LogP contribution in [0, 0.1) is 0 Å². The van der Waals surface area contributed by atoms with E-state index in [4.69, 9.17) is 0 Å². The molecule has 27 heavy (non-hydrogen) atoms. The molecule has 138 valence electrons. The molecular formula is C18H15BrN4O4. The van der Waals surface area contributed by atoms with Gasteiger partial charge in [0, 0.05) is 7.05 Å². The van der Waals surface area contributed by atoms with Crippen LogP contribution in [0.1, 0.15) is 10.4 Å². The summed E-state index contributed by atoms with van der Waals surface area (Å²) < 4.78 is 1.07. The van der Waals surface area contributed by atoms with Crippen LogP contribution < -0.4 is 21.8 Å². The molecule has 1 heterocycles. The monoisotopic (exact) mass is 430 g/mol. The number of H-pyrrole nitrogens is 1. The van der Waals surface area contributed by atoms with Crippen LogP contribution in [0.5, 0.6) is 5.75 Å². The first kappa shape index (κ1) is 18.5. The summed E-state index contributed by atoms with van der Waals surface area (Å²) in [7, 11) is 1.44. The summed E-state index contributed by atoms with van der Waals surface area (Å²) in [5, 5.41) is 18.0. The largest absolute Gasteiger partial charge is 0.505 e. The number of carbonyl (C=O) groups excluding carboxylic acids is 1. The fraction of sp³-hybridized carbons (Fsp3) is 0.0556. The quantitative estimate of drug-likeness (QED) is 0.473. The molecule has 0 spiro atoms. The van der Waals surface area contributed by atoms with E-state index < -0.39 is 17.0 Å². The summed E-state index contributed by atoms with van der Waals surface area (Å²) in [6.45, 7) is 0. The van der Waals surface area contributed by atoms with Crippen LogP contribution >= 0.6 is 15.9 Å². The number of hydrogen-bond acceptors (Lipinski definition) is 5. The minimum absolute atomic E-state index is 0.0237. The van der Waals surface area contributed by atoms with E-state index in [1.54, 1.807) is 36.4 Å². The summed E-state index contributed by atoms with van der Waals surface area (Å²) in [4.78, 5) is 37.0. The average Bonchev–Trinajstić information content (AvgIpc) is 2.69. The molecule has 0 saturated carbocycles. The van der Waals surface area contributed by atoms with Crippen molar-refractivity contribution < 1.29 is 9.90 Å². The topological polar surface area (TPSA) is 116 Å². The summed E-state index contributed by atoms with van der Waals surface area (Å²) in [6.07, 6.45) is 0. The van der Waals surface area contributed by atoms with Crippen molar-refractivity contribution in [2.75, 3.05) is 12.4 Å². The van der Waals surface area contributed by atoms with E-state index >= 15 is 0 Å². The second-order valence-electron chi connectivity index (χ2n) is 5.51. The molecule has 3 rings (SSSR count). The van der Waals surface area contributed by atoms with Gasteiger partial charge >= 0.3 is 0 Å². The Labute approximate surface area is 161 Å². The zero-order valence-electron chi connectivity index (χ0n) is 14.1. The van der Waals surface area contributed by atoms with Gasteiger partial charge in [0.05, 0.1) is 16.9 Å². The van der Waals surface area contributed by atoms with Gasteiger partial charge in [0.25, 0.3) is 17.0 Å². The Morgan fingerprint density at radius 1 is 1.11 bits per heavy atom. The fourth-order valence-corrected chi connectivity index (χ4v) is 2.84. The van der Waals surface area contributed by atoms with Gasteiger partial charge in [-0.2, -0.15) is 0 Å². The third kappa shape index (κ3) is 3.49. The molecule has 0 aliphatic heterocycles. The summed E-state index contributed by atoms with van der Waals surface area (Å²) >= 11 is 3.10. The lowest BCUT2D eigenvalue weighted by molar-refractivity contribution is 0.0960. The molecule has 9 heteroatoms. The Bertz CT molecular complexity index is 1120. The molecule has 0 unspecified atom stereocenters. The molecular weight excluding hydrogens is 416 g/mol. The first-order chi connectivity index (χ1) is 12.9. The lowest BCUT2D eigenvalue weighted by atomic mass is 10.1. The lowest BCUT2D eigenvalue weighted by Crippen LogP contribution is -2.31. The van der Waals surface area contributed by atoms with Gasteiger partial charge in [-0.1, -0.05) is 24.3 Å². The number of nitrogens with zero attached hydrogens (tertiary/aromatic N) is 1. The molecule has 0 radical (unpaired) electrons. The zero-order valence-corrected chi connectivity index (χ0v) is 15.7. The van der Waals surface area contributed by atoms with Crippen molar-refractivity contribution in [2.45, 2.75) is 0 Å². The number of benzene rings is 2. The number of nitrogens with one attached hydrogen (secondary N) is 3. The number of aromatic nitrogens is 2. The molecule has 0 aliphatic rings. The maximum atomic E-state index is 12.9. The molecule has 3 aromatic rings. The van der Waals surface area contributed by atoms with Crippen LogP contribution in [-0.4, -0.2) is 27.8 Å². The highest BCUT2D eigenvalue weighted by Gasteiger charge is 2.18. The summed E-state index contributed by atoms with van der Waals surface area (Å²) in [5.41, 5.74) is -0.545. The van der Waals surface area contributed by atoms with E-state index in [1.807, 2.05) is 0 Å². The number of halogens is 1. The lowest BCUT2D eigenvalue weighted by Gasteiger charge is -2.13. The van der Waals surface area contributed by atoms with Gasteiger partial charge in [0.15, 0.2) is 5.75 Å². The maximum absolute atomic E-state index is 12.9. The number of anilines is 2. The predicted octanol–water partition coefficient (Wildman–Crippen LogP) is 2.10. The number of carbonyl (C=O) groups is 1. The fourth-order valence-electron chi connectivity index (χ4n) is 2.48. The molecule has 0 aliphatic carbocycles. The number of amides is 1. The second-order valence-corrected chi connectivity index (χ2v) is 6.30. The van der Waals surface area contributed by atoms with Crippen molar-refractivity contribution >= 4 is 33.2 Å².